The number of nitrogens with zero attached hydrogens (tertiary/aromatic N) is 2. The number of rotatable bonds is 5. The minimum Gasteiger partial charge on any atom is -0.493 e. The van der Waals surface area contributed by atoms with E-state index in [9.17, 15) is 4.79 Å². The van der Waals surface area contributed by atoms with E-state index < -0.39 is 0 Å². The van der Waals surface area contributed by atoms with Crippen molar-refractivity contribution in [2.24, 2.45) is 0 Å². The molecular formula is C16H22ClN3O3. The standard InChI is InChI=1S/C16H22ClN3O3/c1-19-6-8-20(9-7-19)18-15(21)5-4-12-10-13(17)16(23-3)14(11-12)22-2/h4-5,10-11H,6-9H2,1-3H3,(H,18,21)/b5-4+. The minimum atomic E-state index is -0.166. The van der Waals surface area contributed by atoms with Crippen LogP contribution in [0.4, 0.5) is 0 Å². The SMILES string of the molecule is COc1cc(/C=C/C(=O)NN2CCN(C)CC2)cc(Cl)c1OC. The van der Waals surface area contributed by atoms with Crippen molar-refractivity contribution < 1.29 is 14.3 Å². The molecular weight excluding hydrogens is 318 g/mol. The zero-order chi connectivity index (χ0) is 16.8. The van der Waals surface area contributed by atoms with Gasteiger partial charge < -0.3 is 14.4 Å². The number of amides is 1. The number of methoxy groups -OCH3 is 2. The number of hydrogen-bond acceptors (Lipinski definition) is 5. The molecule has 1 N–H and O–H groups in total. The van der Waals surface area contributed by atoms with Crippen LogP contribution in [-0.2, 0) is 4.79 Å². The zero-order valence-corrected chi connectivity index (χ0v) is 14.4. The van der Waals surface area contributed by atoms with Crippen LogP contribution in [0.1, 0.15) is 5.56 Å². The van der Waals surface area contributed by atoms with Gasteiger partial charge in [-0.1, -0.05) is 11.6 Å². The van der Waals surface area contributed by atoms with Gasteiger partial charge in [0.2, 0.25) is 0 Å². The molecule has 0 bridgehead atoms. The third-order valence-corrected chi connectivity index (χ3v) is 3.94. The van der Waals surface area contributed by atoms with E-state index in [0.29, 0.717) is 16.5 Å². The van der Waals surface area contributed by atoms with Crippen molar-refractivity contribution in [3.05, 3.63) is 28.8 Å². The second-order valence-electron chi connectivity index (χ2n) is 5.34. The topological polar surface area (TPSA) is 54.0 Å². The lowest BCUT2D eigenvalue weighted by Gasteiger charge is -2.31. The van der Waals surface area contributed by atoms with Gasteiger partial charge in [0.1, 0.15) is 0 Å². The number of piperazine rings is 1. The van der Waals surface area contributed by atoms with Crippen molar-refractivity contribution >= 4 is 23.6 Å². The van der Waals surface area contributed by atoms with E-state index in [0.717, 1.165) is 31.7 Å². The van der Waals surface area contributed by atoms with Crippen molar-refractivity contribution in [1.82, 2.24) is 15.3 Å². The highest BCUT2D eigenvalue weighted by Gasteiger charge is 2.14. The van der Waals surface area contributed by atoms with Crippen molar-refractivity contribution in [3.63, 3.8) is 0 Å². The summed E-state index contributed by atoms with van der Waals surface area (Å²) in [5.41, 5.74) is 3.63. The summed E-state index contributed by atoms with van der Waals surface area (Å²) in [5, 5.41) is 2.36. The van der Waals surface area contributed by atoms with Crippen molar-refractivity contribution in [1.29, 1.82) is 0 Å². The van der Waals surface area contributed by atoms with Gasteiger partial charge in [-0.05, 0) is 30.8 Å². The van der Waals surface area contributed by atoms with Gasteiger partial charge in [-0.25, -0.2) is 5.01 Å². The molecule has 1 amide bonds. The fourth-order valence-electron chi connectivity index (χ4n) is 2.32. The smallest absolute Gasteiger partial charge is 0.258 e. The number of hydrogen-bond donors (Lipinski definition) is 1. The quantitative estimate of drug-likeness (QED) is 0.827. The van der Waals surface area contributed by atoms with E-state index in [1.54, 1.807) is 25.3 Å². The molecule has 23 heavy (non-hydrogen) atoms. The molecule has 6 nitrogen and oxygen atoms in total. The first-order chi connectivity index (χ1) is 11.0. The molecule has 1 aliphatic rings. The average Bonchev–Trinajstić information content (AvgIpc) is 2.54. The summed E-state index contributed by atoms with van der Waals surface area (Å²) in [6.07, 6.45) is 3.18. The second kappa shape index (κ2) is 8.19. The predicted molar refractivity (Wildman–Crippen MR) is 90.8 cm³/mol. The highest BCUT2D eigenvalue weighted by Crippen LogP contribution is 2.36. The van der Waals surface area contributed by atoms with Crippen LogP contribution in [0.15, 0.2) is 18.2 Å². The molecule has 126 valence electrons. The second-order valence-corrected chi connectivity index (χ2v) is 5.75. The third kappa shape index (κ3) is 4.86. The van der Waals surface area contributed by atoms with E-state index in [4.69, 9.17) is 21.1 Å². The molecule has 0 unspecified atom stereocenters. The Hall–Kier alpha value is -1.76. The molecule has 0 atom stereocenters. The summed E-state index contributed by atoms with van der Waals surface area (Å²) >= 11 is 6.15. The molecule has 1 saturated heterocycles. The molecule has 0 aliphatic carbocycles. The summed E-state index contributed by atoms with van der Waals surface area (Å²) < 4.78 is 10.4. The van der Waals surface area contributed by atoms with E-state index >= 15 is 0 Å². The van der Waals surface area contributed by atoms with E-state index in [-0.39, 0.29) is 5.91 Å². The average molecular weight is 340 g/mol. The molecule has 1 aromatic rings. The van der Waals surface area contributed by atoms with Crippen molar-refractivity contribution in [2.75, 3.05) is 47.4 Å². The third-order valence-electron chi connectivity index (χ3n) is 3.65. The Morgan fingerprint density at radius 3 is 2.52 bits per heavy atom. The molecule has 2 rings (SSSR count). The Morgan fingerprint density at radius 2 is 1.91 bits per heavy atom. The number of likely N-dealkylation sites (N-methyl/N-ethyl adjacent to an activating group) is 1. The van der Waals surface area contributed by atoms with Crippen molar-refractivity contribution in [3.8, 4) is 11.5 Å². The monoisotopic (exact) mass is 339 g/mol. The maximum Gasteiger partial charge on any atom is 0.258 e. The number of benzene rings is 1. The molecule has 1 aromatic carbocycles. The number of ether oxygens (including phenoxy) is 2. The first-order valence-corrected chi connectivity index (χ1v) is 7.75. The Bertz CT molecular complexity index is 584. The fourth-order valence-corrected chi connectivity index (χ4v) is 2.61. The van der Waals surface area contributed by atoms with Gasteiger partial charge in [0, 0.05) is 32.3 Å². The molecule has 0 aromatic heterocycles. The molecule has 0 radical (unpaired) electrons. The van der Waals surface area contributed by atoms with E-state index in [2.05, 4.69) is 17.4 Å². The lowest BCUT2D eigenvalue weighted by atomic mass is 10.2. The van der Waals surface area contributed by atoms with Crippen LogP contribution in [0, 0.1) is 0 Å². The summed E-state index contributed by atoms with van der Waals surface area (Å²) in [6, 6.07) is 3.49. The summed E-state index contributed by atoms with van der Waals surface area (Å²) in [6.45, 7) is 3.51. The highest BCUT2D eigenvalue weighted by atomic mass is 35.5. The summed E-state index contributed by atoms with van der Waals surface area (Å²) in [4.78, 5) is 14.2. The number of carbonyl (C=O) groups excluding carboxylic acids is 1. The van der Waals surface area contributed by atoms with Gasteiger partial charge in [-0.15, -0.1) is 0 Å². The predicted octanol–water partition coefficient (Wildman–Crippen LogP) is 1.65. The fraction of sp³-hybridized carbons (Fsp3) is 0.438. The molecule has 1 fully saturated rings. The van der Waals surface area contributed by atoms with Crippen LogP contribution in [0.25, 0.3) is 6.08 Å². The van der Waals surface area contributed by atoms with Crippen LogP contribution in [-0.4, -0.2) is 63.3 Å². The highest BCUT2D eigenvalue weighted by molar-refractivity contribution is 6.32. The lowest BCUT2D eigenvalue weighted by Crippen LogP contribution is -2.52. The Labute approximate surface area is 141 Å². The molecule has 1 aliphatic heterocycles. The van der Waals surface area contributed by atoms with Crippen LogP contribution < -0.4 is 14.9 Å². The number of nitrogens with one attached hydrogen (secondary N) is 1. The Balaban J connectivity index is 1.99. The van der Waals surface area contributed by atoms with Crippen LogP contribution in [0.5, 0.6) is 11.5 Å². The summed E-state index contributed by atoms with van der Waals surface area (Å²) in [5.74, 6) is 0.841. The van der Waals surface area contributed by atoms with E-state index in [1.165, 1.54) is 13.2 Å². The summed E-state index contributed by atoms with van der Waals surface area (Å²) in [7, 11) is 5.14. The molecule has 7 heteroatoms. The first-order valence-electron chi connectivity index (χ1n) is 7.37. The van der Waals surface area contributed by atoms with Crippen LogP contribution in [0.3, 0.4) is 0 Å². The largest absolute Gasteiger partial charge is 0.493 e. The Morgan fingerprint density at radius 1 is 1.22 bits per heavy atom. The van der Waals surface area contributed by atoms with Gasteiger partial charge in [0.25, 0.3) is 5.91 Å². The van der Waals surface area contributed by atoms with Gasteiger partial charge in [-0.2, -0.15) is 0 Å². The number of carbonyl (C=O) groups is 1. The van der Waals surface area contributed by atoms with Crippen LogP contribution >= 0.6 is 11.6 Å². The number of halogens is 1. The normalized spacial score (nSPS) is 16.5. The van der Waals surface area contributed by atoms with Gasteiger partial charge in [-0.3, -0.25) is 10.2 Å². The molecule has 1 heterocycles. The maximum atomic E-state index is 12.0. The minimum absolute atomic E-state index is 0.166. The molecule has 0 spiro atoms. The maximum absolute atomic E-state index is 12.0. The lowest BCUT2D eigenvalue weighted by molar-refractivity contribution is -0.121. The van der Waals surface area contributed by atoms with Crippen LogP contribution in [0.2, 0.25) is 5.02 Å². The van der Waals surface area contributed by atoms with Gasteiger partial charge in [0.15, 0.2) is 11.5 Å². The number of hydrazine groups is 1. The van der Waals surface area contributed by atoms with Crippen molar-refractivity contribution in [2.45, 2.75) is 0 Å². The zero-order valence-electron chi connectivity index (χ0n) is 13.6. The van der Waals surface area contributed by atoms with Gasteiger partial charge in [0.05, 0.1) is 19.2 Å². The van der Waals surface area contributed by atoms with Gasteiger partial charge >= 0.3 is 0 Å². The van der Waals surface area contributed by atoms with E-state index in [1.807, 2.05) is 5.01 Å². The first kappa shape index (κ1) is 17.6. The Kier molecular flexibility index (Phi) is 6.27. The molecule has 0 saturated carbocycles.